The maximum absolute atomic E-state index is 11.6. The Morgan fingerprint density at radius 2 is 1.95 bits per heavy atom. The van der Waals surface area contributed by atoms with Crippen LogP contribution < -0.4 is 10.7 Å². The summed E-state index contributed by atoms with van der Waals surface area (Å²) >= 11 is 0. The second-order valence-electron chi connectivity index (χ2n) is 4.81. The summed E-state index contributed by atoms with van der Waals surface area (Å²) < 4.78 is 0. The number of hydrazone groups is 1. The molecule has 1 aliphatic heterocycles. The minimum atomic E-state index is -0.0513. The average Bonchev–Trinajstić information content (AvgIpc) is 2.40. The molecule has 1 aromatic rings. The lowest BCUT2D eigenvalue weighted by molar-refractivity contribution is -0.121. The third-order valence-corrected chi connectivity index (χ3v) is 2.91. The van der Waals surface area contributed by atoms with E-state index in [1.54, 1.807) is 0 Å². The molecule has 0 fully saturated rings. The molecule has 5 nitrogen and oxygen atoms in total. The number of nitrogens with zero attached hydrogens (tertiary/aromatic N) is 1. The van der Waals surface area contributed by atoms with E-state index >= 15 is 0 Å². The molecule has 0 aromatic heterocycles. The minimum Gasteiger partial charge on any atom is -0.326 e. The molecule has 0 saturated heterocycles. The zero-order valence-electron chi connectivity index (χ0n) is 11.1. The van der Waals surface area contributed by atoms with Crippen LogP contribution in [0.25, 0.3) is 0 Å². The van der Waals surface area contributed by atoms with Gasteiger partial charge in [0.2, 0.25) is 11.8 Å². The standard InChI is InChI=1S/C14H17N3O2/c1-9(2)14(19)15-11-5-3-10(4-6-11)12-7-8-13(18)17-16-12/h3-6,9H,7-8H2,1-2H3,(H,15,19)(H,17,18). The van der Waals surface area contributed by atoms with E-state index in [1.807, 2.05) is 38.1 Å². The lowest BCUT2D eigenvalue weighted by atomic mass is 10.0. The van der Waals surface area contributed by atoms with Gasteiger partial charge in [0.15, 0.2) is 0 Å². The summed E-state index contributed by atoms with van der Waals surface area (Å²) in [5.74, 6) is -0.0998. The third-order valence-electron chi connectivity index (χ3n) is 2.91. The van der Waals surface area contributed by atoms with Crippen molar-refractivity contribution in [1.82, 2.24) is 5.43 Å². The second kappa shape index (κ2) is 5.65. The highest BCUT2D eigenvalue weighted by Crippen LogP contribution is 2.14. The van der Waals surface area contributed by atoms with E-state index < -0.39 is 0 Å². The minimum absolute atomic E-state index is 0.00461. The van der Waals surface area contributed by atoms with E-state index in [1.165, 1.54) is 0 Å². The first-order chi connectivity index (χ1) is 9.06. The van der Waals surface area contributed by atoms with Gasteiger partial charge < -0.3 is 5.32 Å². The molecule has 1 aliphatic rings. The van der Waals surface area contributed by atoms with Gasteiger partial charge in [0.1, 0.15) is 0 Å². The molecule has 2 N–H and O–H groups in total. The highest BCUT2D eigenvalue weighted by atomic mass is 16.2. The zero-order valence-corrected chi connectivity index (χ0v) is 11.1. The van der Waals surface area contributed by atoms with Gasteiger partial charge in [0, 0.05) is 24.4 Å². The number of carbonyl (C=O) groups is 2. The Morgan fingerprint density at radius 3 is 2.47 bits per heavy atom. The highest BCUT2D eigenvalue weighted by molar-refractivity contribution is 6.04. The molecule has 1 heterocycles. The van der Waals surface area contributed by atoms with Gasteiger partial charge in [-0.3, -0.25) is 9.59 Å². The topological polar surface area (TPSA) is 70.6 Å². The van der Waals surface area contributed by atoms with Crippen molar-refractivity contribution in [3.8, 4) is 0 Å². The molecule has 19 heavy (non-hydrogen) atoms. The van der Waals surface area contributed by atoms with Crippen molar-refractivity contribution in [1.29, 1.82) is 0 Å². The number of rotatable bonds is 3. The van der Waals surface area contributed by atoms with Crippen molar-refractivity contribution in [3.63, 3.8) is 0 Å². The summed E-state index contributed by atoms with van der Waals surface area (Å²) in [5, 5.41) is 6.86. The molecule has 0 radical (unpaired) electrons. The van der Waals surface area contributed by atoms with E-state index in [0.717, 1.165) is 17.0 Å². The van der Waals surface area contributed by atoms with Gasteiger partial charge in [-0.15, -0.1) is 0 Å². The van der Waals surface area contributed by atoms with Gasteiger partial charge >= 0.3 is 0 Å². The molecule has 0 saturated carbocycles. The Balaban J connectivity index is 2.06. The highest BCUT2D eigenvalue weighted by Gasteiger charge is 2.13. The van der Waals surface area contributed by atoms with Crippen LogP contribution in [0.2, 0.25) is 0 Å². The Kier molecular flexibility index (Phi) is 3.94. The van der Waals surface area contributed by atoms with Gasteiger partial charge in [-0.1, -0.05) is 26.0 Å². The van der Waals surface area contributed by atoms with Gasteiger partial charge in [0.25, 0.3) is 0 Å². The number of carbonyl (C=O) groups excluding carboxylic acids is 2. The van der Waals surface area contributed by atoms with Crippen molar-refractivity contribution >= 4 is 23.2 Å². The van der Waals surface area contributed by atoms with Gasteiger partial charge in [-0.25, -0.2) is 5.43 Å². The van der Waals surface area contributed by atoms with E-state index in [2.05, 4.69) is 15.8 Å². The fourth-order valence-corrected chi connectivity index (χ4v) is 1.71. The van der Waals surface area contributed by atoms with Crippen LogP contribution in [-0.4, -0.2) is 17.5 Å². The maximum Gasteiger partial charge on any atom is 0.240 e. The first-order valence-corrected chi connectivity index (χ1v) is 6.33. The van der Waals surface area contributed by atoms with E-state index in [9.17, 15) is 9.59 Å². The molecule has 0 aliphatic carbocycles. The SMILES string of the molecule is CC(C)C(=O)Nc1ccc(C2=NNC(=O)CC2)cc1. The Labute approximate surface area is 112 Å². The summed E-state index contributed by atoms with van der Waals surface area (Å²) in [6, 6.07) is 7.47. The van der Waals surface area contributed by atoms with Crippen molar-refractivity contribution in [2.75, 3.05) is 5.32 Å². The summed E-state index contributed by atoms with van der Waals surface area (Å²) in [4.78, 5) is 22.6. The van der Waals surface area contributed by atoms with Crippen LogP contribution in [-0.2, 0) is 9.59 Å². The van der Waals surface area contributed by atoms with Crippen molar-refractivity contribution in [3.05, 3.63) is 29.8 Å². The zero-order chi connectivity index (χ0) is 13.8. The number of nitrogens with one attached hydrogen (secondary N) is 2. The molecule has 1 aromatic carbocycles. The normalized spacial score (nSPS) is 14.9. The molecule has 2 amide bonds. The Bertz CT molecular complexity index is 518. The van der Waals surface area contributed by atoms with Crippen LogP contribution >= 0.6 is 0 Å². The predicted molar refractivity (Wildman–Crippen MR) is 73.8 cm³/mol. The monoisotopic (exact) mass is 259 g/mol. The van der Waals surface area contributed by atoms with Gasteiger partial charge in [-0.2, -0.15) is 5.10 Å². The van der Waals surface area contributed by atoms with E-state index in [4.69, 9.17) is 0 Å². The van der Waals surface area contributed by atoms with Gasteiger partial charge in [-0.05, 0) is 17.7 Å². The Morgan fingerprint density at radius 1 is 1.26 bits per heavy atom. The van der Waals surface area contributed by atoms with Crippen molar-refractivity contribution < 1.29 is 9.59 Å². The number of benzene rings is 1. The average molecular weight is 259 g/mol. The van der Waals surface area contributed by atoms with E-state index in [0.29, 0.717) is 12.8 Å². The van der Waals surface area contributed by atoms with Gasteiger partial charge in [0.05, 0.1) is 5.71 Å². The van der Waals surface area contributed by atoms with Crippen LogP contribution in [0.3, 0.4) is 0 Å². The molecule has 5 heteroatoms. The fraction of sp³-hybridized carbons (Fsp3) is 0.357. The Hall–Kier alpha value is -2.17. The fourth-order valence-electron chi connectivity index (χ4n) is 1.71. The summed E-state index contributed by atoms with van der Waals surface area (Å²) in [5.41, 5.74) is 5.06. The van der Waals surface area contributed by atoms with Crippen LogP contribution in [0.1, 0.15) is 32.3 Å². The molecule has 0 spiro atoms. The molecular weight excluding hydrogens is 242 g/mol. The van der Waals surface area contributed by atoms with Crippen LogP contribution in [0.5, 0.6) is 0 Å². The predicted octanol–water partition coefficient (Wildman–Crippen LogP) is 1.90. The quantitative estimate of drug-likeness (QED) is 0.870. The first-order valence-electron chi connectivity index (χ1n) is 6.33. The molecule has 0 atom stereocenters. The number of amides is 2. The summed E-state index contributed by atoms with van der Waals surface area (Å²) in [6.07, 6.45) is 1.11. The lowest BCUT2D eigenvalue weighted by Crippen LogP contribution is -2.25. The van der Waals surface area contributed by atoms with Crippen LogP contribution in [0, 0.1) is 5.92 Å². The largest absolute Gasteiger partial charge is 0.326 e. The van der Waals surface area contributed by atoms with Crippen LogP contribution in [0.15, 0.2) is 29.4 Å². The smallest absolute Gasteiger partial charge is 0.240 e. The molecule has 0 bridgehead atoms. The van der Waals surface area contributed by atoms with Crippen molar-refractivity contribution in [2.45, 2.75) is 26.7 Å². The van der Waals surface area contributed by atoms with E-state index in [-0.39, 0.29) is 17.7 Å². The molecular formula is C14H17N3O2. The molecule has 2 rings (SSSR count). The second-order valence-corrected chi connectivity index (χ2v) is 4.81. The number of anilines is 1. The maximum atomic E-state index is 11.6. The first kappa shape index (κ1) is 13.3. The third kappa shape index (κ3) is 3.40. The molecule has 0 unspecified atom stereocenters. The summed E-state index contributed by atoms with van der Waals surface area (Å²) in [6.45, 7) is 3.70. The number of hydrogen-bond acceptors (Lipinski definition) is 3. The lowest BCUT2D eigenvalue weighted by Gasteiger charge is -2.13. The number of hydrogen-bond donors (Lipinski definition) is 2. The van der Waals surface area contributed by atoms with Crippen molar-refractivity contribution in [2.24, 2.45) is 11.0 Å². The summed E-state index contributed by atoms with van der Waals surface area (Å²) in [7, 11) is 0. The molecule has 100 valence electrons. The van der Waals surface area contributed by atoms with Crippen LogP contribution in [0.4, 0.5) is 5.69 Å².